The summed E-state index contributed by atoms with van der Waals surface area (Å²) >= 11 is 0. The highest BCUT2D eigenvalue weighted by Gasteiger charge is 2.02. The van der Waals surface area contributed by atoms with Crippen LogP contribution in [-0.2, 0) is 6.54 Å². The number of hydrogen-bond donors (Lipinski definition) is 1. The Bertz CT molecular complexity index is 515. The second kappa shape index (κ2) is 5.15. The predicted molar refractivity (Wildman–Crippen MR) is 74.1 cm³/mol. The third-order valence-corrected chi connectivity index (χ3v) is 3.01. The fourth-order valence-electron chi connectivity index (χ4n) is 2.10. The summed E-state index contributed by atoms with van der Waals surface area (Å²) in [5.74, 6) is 0. The van der Waals surface area contributed by atoms with Crippen molar-refractivity contribution in [2.45, 2.75) is 20.4 Å². The molecule has 0 aliphatic heterocycles. The van der Waals surface area contributed by atoms with Gasteiger partial charge in [-0.15, -0.1) is 0 Å². The molecule has 0 saturated heterocycles. The van der Waals surface area contributed by atoms with E-state index in [1.807, 2.05) is 7.05 Å². The molecule has 1 N–H and O–H groups in total. The minimum Gasteiger partial charge on any atom is -0.316 e. The van der Waals surface area contributed by atoms with Crippen molar-refractivity contribution in [2.75, 3.05) is 7.05 Å². The monoisotopic (exact) mass is 225 g/mol. The molecule has 2 aromatic carbocycles. The number of benzene rings is 2. The van der Waals surface area contributed by atoms with Crippen molar-refractivity contribution in [3.8, 4) is 11.1 Å². The quantitative estimate of drug-likeness (QED) is 0.840. The van der Waals surface area contributed by atoms with Crippen LogP contribution in [-0.4, -0.2) is 7.05 Å². The third kappa shape index (κ3) is 2.75. The smallest absolute Gasteiger partial charge is 0.0202 e. The molecule has 1 nitrogen and oxygen atoms in total. The first kappa shape index (κ1) is 11.9. The maximum atomic E-state index is 3.19. The highest BCUT2D eigenvalue weighted by Crippen LogP contribution is 2.25. The Hall–Kier alpha value is -1.60. The van der Waals surface area contributed by atoms with Crippen molar-refractivity contribution >= 4 is 0 Å². The molecule has 0 radical (unpaired) electrons. The Kier molecular flexibility index (Phi) is 3.60. The molecule has 0 aliphatic carbocycles. The van der Waals surface area contributed by atoms with Gasteiger partial charge in [-0.3, -0.25) is 0 Å². The zero-order valence-corrected chi connectivity index (χ0v) is 10.7. The zero-order chi connectivity index (χ0) is 12.3. The zero-order valence-electron chi connectivity index (χ0n) is 10.7. The molecule has 2 aromatic rings. The molecule has 0 amide bonds. The molecule has 0 bridgehead atoms. The van der Waals surface area contributed by atoms with Gasteiger partial charge in [0.1, 0.15) is 0 Å². The Morgan fingerprint density at radius 3 is 2.59 bits per heavy atom. The van der Waals surface area contributed by atoms with Crippen LogP contribution in [0.3, 0.4) is 0 Å². The summed E-state index contributed by atoms with van der Waals surface area (Å²) in [4.78, 5) is 0. The van der Waals surface area contributed by atoms with E-state index in [9.17, 15) is 0 Å². The highest BCUT2D eigenvalue weighted by atomic mass is 14.8. The van der Waals surface area contributed by atoms with Crippen LogP contribution in [0.1, 0.15) is 16.7 Å². The first-order chi connectivity index (χ1) is 8.20. The van der Waals surface area contributed by atoms with Gasteiger partial charge in [0, 0.05) is 6.54 Å². The SMILES string of the molecule is CNCc1cccc(-c2cc(C)ccc2C)c1. The second-order valence-electron chi connectivity index (χ2n) is 4.55. The van der Waals surface area contributed by atoms with E-state index in [1.165, 1.54) is 27.8 Å². The molecule has 1 heteroatoms. The Morgan fingerprint density at radius 2 is 1.82 bits per heavy atom. The van der Waals surface area contributed by atoms with E-state index in [0.717, 1.165) is 6.54 Å². The molecular formula is C16H19N. The van der Waals surface area contributed by atoms with E-state index in [1.54, 1.807) is 0 Å². The van der Waals surface area contributed by atoms with E-state index in [-0.39, 0.29) is 0 Å². The minimum absolute atomic E-state index is 0.915. The van der Waals surface area contributed by atoms with E-state index >= 15 is 0 Å². The van der Waals surface area contributed by atoms with Crippen LogP contribution in [0.2, 0.25) is 0 Å². The second-order valence-corrected chi connectivity index (χ2v) is 4.55. The van der Waals surface area contributed by atoms with Crippen molar-refractivity contribution in [1.82, 2.24) is 5.32 Å². The van der Waals surface area contributed by atoms with Gasteiger partial charge in [0.2, 0.25) is 0 Å². The molecule has 0 saturated carbocycles. The number of nitrogens with one attached hydrogen (secondary N) is 1. The lowest BCUT2D eigenvalue weighted by Crippen LogP contribution is -2.04. The molecule has 88 valence electrons. The van der Waals surface area contributed by atoms with Gasteiger partial charge in [0.05, 0.1) is 0 Å². The summed E-state index contributed by atoms with van der Waals surface area (Å²) in [5, 5.41) is 3.19. The molecule has 2 rings (SSSR count). The number of aryl methyl sites for hydroxylation is 2. The summed E-state index contributed by atoms with van der Waals surface area (Å²) in [6.45, 7) is 5.22. The summed E-state index contributed by atoms with van der Waals surface area (Å²) in [6.07, 6.45) is 0. The maximum Gasteiger partial charge on any atom is 0.0202 e. The van der Waals surface area contributed by atoms with Gasteiger partial charge in [-0.2, -0.15) is 0 Å². The molecule has 0 unspecified atom stereocenters. The van der Waals surface area contributed by atoms with Gasteiger partial charge in [-0.05, 0) is 49.2 Å². The van der Waals surface area contributed by atoms with Gasteiger partial charge in [-0.1, -0.05) is 42.0 Å². The average molecular weight is 225 g/mol. The Balaban J connectivity index is 2.45. The summed E-state index contributed by atoms with van der Waals surface area (Å²) in [7, 11) is 1.98. The average Bonchev–Trinajstić information content (AvgIpc) is 2.33. The first-order valence-corrected chi connectivity index (χ1v) is 6.02. The summed E-state index contributed by atoms with van der Waals surface area (Å²) in [6, 6.07) is 15.3. The van der Waals surface area contributed by atoms with Crippen molar-refractivity contribution in [2.24, 2.45) is 0 Å². The van der Waals surface area contributed by atoms with Crippen LogP contribution in [0.4, 0.5) is 0 Å². The minimum atomic E-state index is 0.915. The fourth-order valence-corrected chi connectivity index (χ4v) is 2.10. The van der Waals surface area contributed by atoms with Crippen LogP contribution in [0.25, 0.3) is 11.1 Å². The van der Waals surface area contributed by atoms with Crippen LogP contribution >= 0.6 is 0 Å². The highest BCUT2D eigenvalue weighted by molar-refractivity contribution is 5.68. The third-order valence-electron chi connectivity index (χ3n) is 3.01. The largest absolute Gasteiger partial charge is 0.316 e. The van der Waals surface area contributed by atoms with E-state index in [2.05, 4.69) is 61.6 Å². The molecular weight excluding hydrogens is 206 g/mol. The first-order valence-electron chi connectivity index (χ1n) is 6.02. The van der Waals surface area contributed by atoms with Gasteiger partial charge in [-0.25, -0.2) is 0 Å². The normalized spacial score (nSPS) is 10.5. The Labute approximate surface area is 103 Å². The maximum absolute atomic E-state index is 3.19. The fraction of sp³-hybridized carbons (Fsp3) is 0.250. The van der Waals surface area contributed by atoms with Gasteiger partial charge < -0.3 is 5.32 Å². The predicted octanol–water partition coefficient (Wildman–Crippen LogP) is 3.69. The molecule has 0 aromatic heterocycles. The molecule has 0 atom stereocenters. The van der Waals surface area contributed by atoms with Crippen molar-refractivity contribution < 1.29 is 0 Å². The van der Waals surface area contributed by atoms with Gasteiger partial charge >= 0.3 is 0 Å². The topological polar surface area (TPSA) is 12.0 Å². The summed E-state index contributed by atoms with van der Waals surface area (Å²) in [5.41, 5.74) is 6.61. The van der Waals surface area contributed by atoms with Crippen molar-refractivity contribution in [3.63, 3.8) is 0 Å². The lowest BCUT2D eigenvalue weighted by atomic mass is 9.97. The van der Waals surface area contributed by atoms with Crippen LogP contribution in [0.15, 0.2) is 42.5 Å². The van der Waals surface area contributed by atoms with E-state index in [0.29, 0.717) is 0 Å². The van der Waals surface area contributed by atoms with Crippen LogP contribution < -0.4 is 5.32 Å². The van der Waals surface area contributed by atoms with Crippen LogP contribution in [0, 0.1) is 13.8 Å². The van der Waals surface area contributed by atoms with Crippen LogP contribution in [0.5, 0.6) is 0 Å². The van der Waals surface area contributed by atoms with Gasteiger partial charge in [0.25, 0.3) is 0 Å². The number of rotatable bonds is 3. The standard InChI is InChI=1S/C16H19N/c1-12-7-8-13(2)16(9-12)15-6-4-5-14(10-15)11-17-3/h4-10,17H,11H2,1-3H3. The summed E-state index contributed by atoms with van der Waals surface area (Å²) < 4.78 is 0. The van der Waals surface area contributed by atoms with Crippen molar-refractivity contribution in [3.05, 3.63) is 59.2 Å². The Morgan fingerprint density at radius 1 is 1.00 bits per heavy atom. The molecule has 0 spiro atoms. The molecule has 0 heterocycles. The molecule has 0 fully saturated rings. The number of hydrogen-bond acceptors (Lipinski definition) is 1. The van der Waals surface area contributed by atoms with Gasteiger partial charge in [0.15, 0.2) is 0 Å². The molecule has 0 aliphatic rings. The van der Waals surface area contributed by atoms with Crippen molar-refractivity contribution in [1.29, 1.82) is 0 Å². The lowest BCUT2D eigenvalue weighted by molar-refractivity contribution is 0.818. The lowest BCUT2D eigenvalue weighted by Gasteiger charge is -2.09. The molecule has 17 heavy (non-hydrogen) atoms. The van der Waals surface area contributed by atoms with E-state index < -0.39 is 0 Å². The van der Waals surface area contributed by atoms with E-state index in [4.69, 9.17) is 0 Å².